The average molecular weight is 211 g/mol. The maximum absolute atomic E-state index is 11.2. The Morgan fingerprint density at radius 1 is 1.60 bits per heavy atom. The van der Waals surface area contributed by atoms with Crippen LogP contribution in [0.25, 0.3) is 0 Å². The summed E-state index contributed by atoms with van der Waals surface area (Å²) in [5.41, 5.74) is 6.80. The van der Waals surface area contributed by atoms with Gasteiger partial charge in [0.05, 0.1) is 7.11 Å². The lowest BCUT2D eigenvalue weighted by Gasteiger charge is -1.99. The molecule has 5 nitrogen and oxygen atoms in total. The van der Waals surface area contributed by atoms with Crippen LogP contribution in [0.1, 0.15) is 29.0 Å². The van der Waals surface area contributed by atoms with Crippen molar-refractivity contribution in [3.05, 3.63) is 17.5 Å². The third kappa shape index (κ3) is 3.06. The number of unbranched alkanes of at least 4 members (excludes halogenated alkanes) is 1. The monoisotopic (exact) mass is 211 g/mol. The average Bonchev–Trinajstić information content (AvgIpc) is 2.60. The fraction of sp³-hybridized carbons (Fsp3) is 0.600. The second-order valence-electron chi connectivity index (χ2n) is 3.38. The first kappa shape index (κ1) is 11.7. The second kappa shape index (κ2) is 5.50. The molecule has 1 aromatic rings. The van der Waals surface area contributed by atoms with Crippen molar-refractivity contribution >= 4 is 5.97 Å². The lowest BCUT2D eigenvalue weighted by molar-refractivity contribution is 0.0593. The Labute approximate surface area is 89.2 Å². The van der Waals surface area contributed by atoms with E-state index >= 15 is 0 Å². The van der Waals surface area contributed by atoms with Crippen molar-refractivity contribution < 1.29 is 9.53 Å². The molecule has 0 spiro atoms. The van der Waals surface area contributed by atoms with E-state index in [1.54, 1.807) is 10.7 Å². The van der Waals surface area contributed by atoms with Gasteiger partial charge in [-0.15, -0.1) is 0 Å². The highest BCUT2D eigenvalue weighted by Gasteiger charge is 2.12. The van der Waals surface area contributed by atoms with E-state index in [9.17, 15) is 4.79 Å². The van der Waals surface area contributed by atoms with E-state index < -0.39 is 5.97 Å². The summed E-state index contributed by atoms with van der Waals surface area (Å²) in [5.74, 6) is -0.393. The van der Waals surface area contributed by atoms with Crippen molar-refractivity contribution in [2.45, 2.75) is 19.3 Å². The number of hydrogen-bond acceptors (Lipinski definition) is 4. The molecular formula is C10H17N3O2. The third-order valence-corrected chi connectivity index (χ3v) is 2.26. The van der Waals surface area contributed by atoms with E-state index in [2.05, 4.69) is 9.84 Å². The van der Waals surface area contributed by atoms with Gasteiger partial charge in [-0.3, -0.25) is 4.68 Å². The molecule has 0 aromatic carbocycles. The SMILES string of the molecule is COC(=O)c1cc(CCCCN)n(C)n1. The predicted octanol–water partition coefficient (Wildman–Crippen LogP) is 0.488. The number of hydrogen-bond donors (Lipinski definition) is 1. The molecule has 1 aromatic heterocycles. The summed E-state index contributed by atoms with van der Waals surface area (Å²) in [6.45, 7) is 0.696. The van der Waals surface area contributed by atoms with Crippen LogP contribution in [0.5, 0.6) is 0 Å². The molecule has 0 aliphatic rings. The number of ether oxygens (including phenoxy) is 1. The van der Waals surface area contributed by atoms with Crippen LogP contribution in [0.2, 0.25) is 0 Å². The largest absolute Gasteiger partial charge is 0.464 e. The number of esters is 1. The minimum Gasteiger partial charge on any atom is -0.464 e. The maximum atomic E-state index is 11.2. The molecule has 0 saturated carbocycles. The van der Waals surface area contributed by atoms with Crippen LogP contribution in [-0.4, -0.2) is 29.4 Å². The van der Waals surface area contributed by atoms with Crippen LogP contribution in [0.3, 0.4) is 0 Å². The van der Waals surface area contributed by atoms with Crippen LogP contribution < -0.4 is 5.73 Å². The first-order valence-electron chi connectivity index (χ1n) is 5.00. The second-order valence-corrected chi connectivity index (χ2v) is 3.38. The molecule has 0 aliphatic carbocycles. The van der Waals surface area contributed by atoms with Crippen LogP contribution in [0.15, 0.2) is 6.07 Å². The summed E-state index contributed by atoms with van der Waals surface area (Å²) in [7, 11) is 3.18. The van der Waals surface area contributed by atoms with Gasteiger partial charge < -0.3 is 10.5 Å². The Balaban J connectivity index is 2.64. The third-order valence-electron chi connectivity index (χ3n) is 2.26. The lowest BCUT2D eigenvalue weighted by atomic mass is 10.2. The molecule has 15 heavy (non-hydrogen) atoms. The molecule has 0 saturated heterocycles. The number of carbonyl (C=O) groups is 1. The van der Waals surface area contributed by atoms with E-state index in [1.807, 2.05) is 7.05 Å². The number of rotatable bonds is 5. The zero-order chi connectivity index (χ0) is 11.3. The van der Waals surface area contributed by atoms with E-state index in [1.165, 1.54) is 7.11 Å². The van der Waals surface area contributed by atoms with Crippen LogP contribution in [0.4, 0.5) is 0 Å². The minimum absolute atomic E-state index is 0.364. The van der Waals surface area contributed by atoms with E-state index in [0.717, 1.165) is 25.0 Å². The highest BCUT2D eigenvalue weighted by molar-refractivity contribution is 5.87. The first-order valence-corrected chi connectivity index (χ1v) is 5.00. The number of aryl methyl sites for hydroxylation is 2. The Morgan fingerprint density at radius 2 is 2.33 bits per heavy atom. The summed E-state index contributed by atoms with van der Waals surface area (Å²) in [6, 6.07) is 1.77. The van der Waals surface area contributed by atoms with Gasteiger partial charge in [0.15, 0.2) is 5.69 Å². The minimum atomic E-state index is -0.393. The molecule has 0 bridgehead atoms. The normalized spacial score (nSPS) is 10.3. The van der Waals surface area contributed by atoms with Crippen molar-refractivity contribution in [2.75, 3.05) is 13.7 Å². The number of nitrogens with zero attached hydrogens (tertiary/aromatic N) is 2. The van der Waals surface area contributed by atoms with E-state index in [4.69, 9.17) is 5.73 Å². The van der Waals surface area contributed by atoms with Gasteiger partial charge >= 0.3 is 5.97 Å². The van der Waals surface area contributed by atoms with Gasteiger partial charge in [0, 0.05) is 12.7 Å². The predicted molar refractivity (Wildman–Crippen MR) is 56.5 cm³/mol. The maximum Gasteiger partial charge on any atom is 0.358 e. The highest BCUT2D eigenvalue weighted by Crippen LogP contribution is 2.07. The van der Waals surface area contributed by atoms with Gasteiger partial charge in [-0.2, -0.15) is 5.10 Å². The molecular weight excluding hydrogens is 194 g/mol. The highest BCUT2D eigenvalue weighted by atomic mass is 16.5. The number of carbonyl (C=O) groups excluding carboxylic acids is 1. The number of aromatic nitrogens is 2. The Hall–Kier alpha value is -1.36. The topological polar surface area (TPSA) is 70.1 Å². The number of nitrogens with two attached hydrogens (primary N) is 1. The molecule has 84 valence electrons. The molecule has 0 fully saturated rings. The van der Waals surface area contributed by atoms with Crippen molar-refractivity contribution in [1.29, 1.82) is 0 Å². The van der Waals surface area contributed by atoms with Gasteiger partial charge in [0.25, 0.3) is 0 Å². The van der Waals surface area contributed by atoms with Crippen LogP contribution >= 0.6 is 0 Å². The Kier molecular flexibility index (Phi) is 4.30. The summed E-state index contributed by atoms with van der Waals surface area (Å²) in [4.78, 5) is 11.2. The molecule has 0 aliphatic heterocycles. The van der Waals surface area contributed by atoms with Crippen molar-refractivity contribution in [3.8, 4) is 0 Å². The molecule has 0 unspecified atom stereocenters. The van der Waals surface area contributed by atoms with Gasteiger partial charge in [0.2, 0.25) is 0 Å². The smallest absolute Gasteiger partial charge is 0.358 e. The van der Waals surface area contributed by atoms with Crippen molar-refractivity contribution in [2.24, 2.45) is 12.8 Å². The Bertz CT molecular complexity index is 333. The van der Waals surface area contributed by atoms with Gasteiger partial charge in [-0.25, -0.2) is 4.79 Å². The fourth-order valence-electron chi connectivity index (χ4n) is 1.39. The zero-order valence-corrected chi connectivity index (χ0v) is 9.19. The van der Waals surface area contributed by atoms with Crippen molar-refractivity contribution in [1.82, 2.24) is 9.78 Å². The lowest BCUT2D eigenvalue weighted by Crippen LogP contribution is -2.03. The van der Waals surface area contributed by atoms with Crippen LogP contribution in [-0.2, 0) is 18.2 Å². The van der Waals surface area contributed by atoms with E-state index in [-0.39, 0.29) is 0 Å². The summed E-state index contributed by atoms with van der Waals surface area (Å²) in [6.07, 6.45) is 2.88. The quantitative estimate of drug-likeness (QED) is 0.568. The fourth-order valence-corrected chi connectivity index (χ4v) is 1.39. The Morgan fingerprint density at radius 3 is 2.93 bits per heavy atom. The molecule has 2 N–H and O–H groups in total. The molecule has 0 amide bonds. The molecule has 0 atom stereocenters. The van der Waals surface area contributed by atoms with Crippen LogP contribution in [0, 0.1) is 0 Å². The molecule has 1 heterocycles. The number of methoxy groups -OCH3 is 1. The summed E-state index contributed by atoms with van der Waals surface area (Å²) in [5, 5.41) is 4.07. The summed E-state index contributed by atoms with van der Waals surface area (Å²) >= 11 is 0. The molecule has 5 heteroatoms. The molecule has 0 radical (unpaired) electrons. The van der Waals surface area contributed by atoms with Gasteiger partial charge in [0.1, 0.15) is 0 Å². The standard InChI is InChI=1S/C10H17N3O2/c1-13-8(5-3-4-6-11)7-9(12-13)10(14)15-2/h7H,3-6,11H2,1-2H3. The van der Waals surface area contributed by atoms with E-state index in [0.29, 0.717) is 12.2 Å². The summed E-state index contributed by atoms with van der Waals surface area (Å²) < 4.78 is 6.31. The van der Waals surface area contributed by atoms with Crippen molar-refractivity contribution in [3.63, 3.8) is 0 Å². The zero-order valence-electron chi connectivity index (χ0n) is 9.19. The molecule has 1 rings (SSSR count). The first-order chi connectivity index (χ1) is 7.19. The van der Waals surface area contributed by atoms with Gasteiger partial charge in [-0.05, 0) is 31.9 Å². The van der Waals surface area contributed by atoms with Gasteiger partial charge in [-0.1, -0.05) is 0 Å².